The van der Waals surface area contributed by atoms with Crippen LogP contribution in [0.5, 0.6) is 0 Å². The Hall–Kier alpha value is -2.26. The van der Waals surface area contributed by atoms with E-state index in [1.807, 2.05) is 12.1 Å². The summed E-state index contributed by atoms with van der Waals surface area (Å²) >= 11 is 1.71. The molecule has 8 heteroatoms. The largest absolute Gasteiger partial charge is 0.378 e. The normalized spacial score (nSPS) is 24.2. The Balaban J connectivity index is 1.49. The molecule has 1 aromatic carbocycles. The molecule has 1 aliphatic carbocycles. The van der Waals surface area contributed by atoms with Crippen molar-refractivity contribution in [2.75, 3.05) is 44.9 Å². The van der Waals surface area contributed by atoms with Gasteiger partial charge < -0.3 is 15.0 Å². The predicted molar refractivity (Wildman–Crippen MR) is 137 cm³/mol. The molecule has 35 heavy (non-hydrogen) atoms. The molecule has 2 fully saturated rings. The van der Waals surface area contributed by atoms with Crippen LogP contribution >= 0.6 is 11.3 Å². The smallest absolute Gasteiger partial charge is 0.274 e. The van der Waals surface area contributed by atoms with E-state index in [-0.39, 0.29) is 17.4 Å². The first-order chi connectivity index (χ1) is 16.9. The van der Waals surface area contributed by atoms with Crippen LogP contribution < -0.4 is 15.7 Å². The number of nitrogens with zero attached hydrogens (tertiary/aromatic N) is 1. The fourth-order valence-corrected chi connectivity index (χ4v) is 7.22. The summed E-state index contributed by atoms with van der Waals surface area (Å²) in [5.74, 6) is 0.408. The van der Waals surface area contributed by atoms with Gasteiger partial charge >= 0.3 is 0 Å². The Bertz CT molecular complexity index is 1110. The van der Waals surface area contributed by atoms with Crippen LogP contribution in [0.3, 0.4) is 0 Å². The van der Waals surface area contributed by atoms with Gasteiger partial charge in [0.1, 0.15) is 0 Å². The van der Waals surface area contributed by atoms with Gasteiger partial charge in [0.2, 0.25) is 0 Å². The Morgan fingerprint density at radius 2 is 2.06 bits per heavy atom. The summed E-state index contributed by atoms with van der Waals surface area (Å²) < 4.78 is 5.63. The minimum absolute atomic E-state index is 0.0163. The zero-order valence-corrected chi connectivity index (χ0v) is 21.6. The standard InChI is InChI=1S/C27H35N3O4S/c1-27(2)15-20-23(26(30-9-11-34-12-10-30)35-24(20)22(31)16-27)18-7-8-28-21(14-18)17-5-4-6-19(13-17)25(32)29-33-3/h4-6,13,18,21,28H,7-12,14-16H2,1-3H3,(H,29,32). The van der Waals surface area contributed by atoms with Crippen molar-refractivity contribution in [3.8, 4) is 0 Å². The molecule has 1 amide bonds. The van der Waals surface area contributed by atoms with Crippen LogP contribution in [-0.4, -0.2) is 51.6 Å². The molecule has 2 N–H and O–H groups in total. The highest BCUT2D eigenvalue weighted by Crippen LogP contribution is 2.50. The highest BCUT2D eigenvalue weighted by Gasteiger charge is 2.39. The molecule has 2 unspecified atom stereocenters. The first kappa shape index (κ1) is 24.4. The number of hydroxylamine groups is 1. The zero-order chi connectivity index (χ0) is 24.6. The van der Waals surface area contributed by atoms with Gasteiger partial charge in [-0.15, -0.1) is 11.3 Å². The molecule has 2 aromatic rings. The Kier molecular flexibility index (Phi) is 6.99. The lowest BCUT2D eigenvalue weighted by Crippen LogP contribution is -2.37. The third-order valence-corrected chi connectivity index (χ3v) is 8.78. The van der Waals surface area contributed by atoms with Crippen LogP contribution in [0.4, 0.5) is 5.00 Å². The van der Waals surface area contributed by atoms with E-state index in [2.05, 4.69) is 35.6 Å². The van der Waals surface area contributed by atoms with Crippen molar-refractivity contribution in [3.05, 3.63) is 51.4 Å². The molecule has 2 aliphatic heterocycles. The molecule has 0 bridgehead atoms. The summed E-state index contributed by atoms with van der Waals surface area (Å²) in [4.78, 5) is 33.7. The Labute approximate surface area is 211 Å². The number of carbonyl (C=O) groups excluding carboxylic acids is 2. The number of hydrogen-bond acceptors (Lipinski definition) is 7. The van der Waals surface area contributed by atoms with E-state index < -0.39 is 0 Å². The van der Waals surface area contributed by atoms with Gasteiger partial charge in [0.25, 0.3) is 5.91 Å². The third-order valence-electron chi connectivity index (χ3n) is 7.43. The lowest BCUT2D eigenvalue weighted by molar-refractivity contribution is 0.0537. The zero-order valence-electron chi connectivity index (χ0n) is 20.8. The van der Waals surface area contributed by atoms with Crippen molar-refractivity contribution >= 4 is 28.0 Å². The summed E-state index contributed by atoms with van der Waals surface area (Å²) in [7, 11) is 1.44. The summed E-state index contributed by atoms with van der Waals surface area (Å²) in [6, 6.07) is 7.91. The first-order valence-corrected chi connectivity index (χ1v) is 13.4. The summed E-state index contributed by atoms with van der Waals surface area (Å²) in [6.07, 6.45) is 3.54. The summed E-state index contributed by atoms with van der Waals surface area (Å²) in [5, 5.41) is 4.95. The molecule has 1 aromatic heterocycles. The highest BCUT2D eigenvalue weighted by molar-refractivity contribution is 7.18. The lowest BCUT2D eigenvalue weighted by Gasteiger charge is -2.36. The second kappa shape index (κ2) is 10.0. The minimum Gasteiger partial charge on any atom is -0.378 e. The second-order valence-corrected chi connectivity index (χ2v) is 11.7. The van der Waals surface area contributed by atoms with E-state index in [1.54, 1.807) is 17.4 Å². The van der Waals surface area contributed by atoms with E-state index >= 15 is 0 Å². The SMILES string of the molecule is CONC(=O)c1cccc(C2CC(c3c(N4CCOCC4)sc4c3CC(C)(C)CC4=O)CCN2)c1. The number of piperidine rings is 1. The van der Waals surface area contributed by atoms with E-state index in [4.69, 9.17) is 9.57 Å². The van der Waals surface area contributed by atoms with Crippen LogP contribution in [0.15, 0.2) is 24.3 Å². The van der Waals surface area contributed by atoms with E-state index in [9.17, 15) is 9.59 Å². The number of Topliss-reactive ketones (excluding diaryl/α,β-unsaturated/α-hetero) is 1. The molecule has 188 valence electrons. The van der Waals surface area contributed by atoms with Crippen LogP contribution in [0, 0.1) is 5.41 Å². The van der Waals surface area contributed by atoms with E-state index in [1.165, 1.54) is 23.2 Å². The molecular formula is C27H35N3O4S. The number of fused-ring (bicyclic) bond motifs is 1. The molecule has 3 aliphatic rings. The first-order valence-electron chi connectivity index (χ1n) is 12.5. The van der Waals surface area contributed by atoms with E-state index in [0.29, 0.717) is 23.7 Å². The van der Waals surface area contributed by atoms with Crippen molar-refractivity contribution in [2.45, 2.75) is 51.5 Å². The number of hydrogen-bond donors (Lipinski definition) is 2. The number of ketones is 1. The van der Waals surface area contributed by atoms with Gasteiger partial charge in [-0.05, 0) is 66.0 Å². The second-order valence-electron chi connectivity index (χ2n) is 10.7. The number of nitrogens with one attached hydrogen (secondary N) is 2. The summed E-state index contributed by atoms with van der Waals surface area (Å²) in [6.45, 7) is 8.52. The van der Waals surface area contributed by atoms with Crippen molar-refractivity contribution in [1.82, 2.24) is 10.8 Å². The average molecular weight is 498 g/mol. The highest BCUT2D eigenvalue weighted by atomic mass is 32.1. The molecule has 7 nitrogen and oxygen atoms in total. The van der Waals surface area contributed by atoms with Gasteiger partial charge in [0.15, 0.2) is 5.78 Å². The van der Waals surface area contributed by atoms with Crippen molar-refractivity contribution in [1.29, 1.82) is 0 Å². The number of carbonyl (C=O) groups is 2. The van der Waals surface area contributed by atoms with Crippen LogP contribution in [0.25, 0.3) is 0 Å². The number of thiophene rings is 1. The number of ether oxygens (including phenoxy) is 1. The Morgan fingerprint density at radius 3 is 2.83 bits per heavy atom. The third kappa shape index (κ3) is 5.03. The molecule has 0 spiro atoms. The van der Waals surface area contributed by atoms with Crippen LogP contribution in [0.1, 0.15) is 81.8 Å². The lowest BCUT2D eigenvalue weighted by atomic mass is 9.73. The van der Waals surface area contributed by atoms with Crippen molar-refractivity contribution in [3.63, 3.8) is 0 Å². The maximum atomic E-state index is 13.2. The fourth-order valence-electron chi connectivity index (χ4n) is 5.83. The number of rotatable bonds is 5. The minimum atomic E-state index is -0.246. The van der Waals surface area contributed by atoms with Crippen LogP contribution in [-0.2, 0) is 16.0 Å². The van der Waals surface area contributed by atoms with E-state index in [0.717, 1.165) is 62.6 Å². The molecule has 0 saturated carbocycles. The topological polar surface area (TPSA) is 79.9 Å². The van der Waals surface area contributed by atoms with Gasteiger partial charge in [0, 0.05) is 31.1 Å². The maximum Gasteiger partial charge on any atom is 0.274 e. The molecule has 0 radical (unpaired) electrons. The average Bonchev–Trinajstić information content (AvgIpc) is 3.23. The van der Waals surface area contributed by atoms with Gasteiger partial charge in [-0.1, -0.05) is 26.0 Å². The molecule has 2 saturated heterocycles. The number of morpholine rings is 1. The van der Waals surface area contributed by atoms with Crippen molar-refractivity contribution in [2.24, 2.45) is 5.41 Å². The van der Waals surface area contributed by atoms with Gasteiger partial charge in [0.05, 0.1) is 30.2 Å². The molecular weight excluding hydrogens is 462 g/mol. The van der Waals surface area contributed by atoms with Gasteiger partial charge in [-0.2, -0.15) is 0 Å². The van der Waals surface area contributed by atoms with Crippen molar-refractivity contribution < 1.29 is 19.2 Å². The predicted octanol–water partition coefficient (Wildman–Crippen LogP) is 4.24. The summed E-state index contributed by atoms with van der Waals surface area (Å²) in [5.41, 5.74) is 6.76. The van der Waals surface area contributed by atoms with Crippen LogP contribution in [0.2, 0.25) is 0 Å². The number of benzene rings is 1. The molecule has 5 rings (SSSR count). The molecule has 3 heterocycles. The quantitative estimate of drug-likeness (QED) is 0.602. The Morgan fingerprint density at radius 1 is 1.26 bits per heavy atom. The molecule has 2 atom stereocenters. The van der Waals surface area contributed by atoms with Gasteiger partial charge in [-0.25, -0.2) is 5.48 Å². The maximum absolute atomic E-state index is 13.2. The fraction of sp³-hybridized carbons (Fsp3) is 0.556. The monoisotopic (exact) mass is 497 g/mol. The number of anilines is 1. The van der Waals surface area contributed by atoms with Gasteiger partial charge in [-0.3, -0.25) is 14.4 Å². The number of amides is 1.